The van der Waals surface area contributed by atoms with Gasteiger partial charge in [-0.25, -0.2) is 4.79 Å². The minimum atomic E-state index is -4.82. The summed E-state index contributed by atoms with van der Waals surface area (Å²) in [6.07, 6.45) is -4.82. The van der Waals surface area contributed by atoms with Crippen LogP contribution < -0.4 is 15.4 Å². The molecule has 1 aromatic carbocycles. The van der Waals surface area contributed by atoms with Gasteiger partial charge in [0.25, 0.3) is 0 Å². The van der Waals surface area contributed by atoms with Crippen molar-refractivity contribution >= 4 is 27.6 Å². The first kappa shape index (κ1) is 14.6. The predicted octanol–water partition coefficient (Wildman–Crippen LogP) is 3.49. The number of carbonyl (C=O) groups excluding carboxylic acids is 1. The molecule has 0 unspecified atom stereocenters. The molecule has 0 spiro atoms. The molecule has 0 saturated heterocycles. The molecule has 2 amide bonds. The van der Waals surface area contributed by atoms with Crippen LogP contribution in [0.15, 0.2) is 22.7 Å². The van der Waals surface area contributed by atoms with Crippen molar-refractivity contribution in [3.63, 3.8) is 0 Å². The van der Waals surface area contributed by atoms with E-state index in [1.54, 1.807) is 6.92 Å². The van der Waals surface area contributed by atoms with Crippen LogP contribution in [0.5, 0.6) is 5.75 Å². The Morgan fingerprint density at radius 1 is 1.44 bits per heavy atom. The minimum Gasteiger partial charge on any atom is -0.404 e. The van der Waals surface area contributed by atoms with Crippen molar-refractivity contribution < 1.29 is 22.7 Å². The Hall–Kier alpha value is -1.44. The van der Waals surface area contributed by atoms with Gasteiger partial charge in [-0.3, -0.25) is 0 Å². The van der Waals surface area contributed by atoms with Gasteiger partial charge in [-0.15, -0.1) is 13.2 Å². The highest BCUT2D eigenvalue weighted by atomic mass is 79.9. The SMILES string of the molecule is CCNC(=O)Nc1ccc(Br)cc1OC(F)(F)F. The molecule has 0 fully saturated rings. The van der Waals surface area contributed by atoms with Gasteiger partial charge in [0.05, 0.1) is 5.69 Å². The fourth-order valence-corrected chi connectivity index (χ4v) is 1.48. The minimum absolute atomic E-state index is 0.0681. The van der Waals surface area contributed by atoms with E-state index >= 15 is 0 Å². The molecule has 0 radical (unpaired) electrons. The van der Waals surface area contributed by atoms with Gasteiger partial charge in [-0.2, -0.15) is 0 Å². The Bertz CT molecular complexity index is 438. The molecule has 0 aliphatic rings. The molecule has 0 aromatic heterocycles. The lowest BCUT2D eigenvalue weighted by Crippen LogP contribution is -2.29. The molecule has 0 aliphatic heterocycles. The summed E-state index contributed by atoms with van der Waals surface area (Å²) in [5, 5.41) is 4.67. The molecule has 0 atom stereocenters. The monoisotopic (exact) mass is 326 g/mol. The van der Waals surface area contributed by atoms with Crippen molar-refractivity contribution in [2.24, 2.45) is 0 Å². The summed E-state index contributed by atoms with van der Waals surface area (Å²) in [6.45, 7) is 2.05. The number of amides is 2. The zero-order valence-electron chi connectivity index (χ0n) is 9.27. The van der Waals surface area contributed by atoms with Crippen LogP contribution in [-0.2, 0) is 0 Å². The number of urea groups is 1. The smallest absolute Gasteiger partial charge is 0.404 e. The summed E-state index contributed by atoms with van der Waals surface area (Å²) in [5.74, 6) is -0.483. The van der Waals surface area contributed by atoms with E-state index < -0.39 is 18.1 Å². The zero-order valence-corrected chi connectivity index (χ0v) is 10.9. The zero-order chi connectivity index (χ0) is 13.8. The summed E-state index contributed by atoms with van der Waals surface area (Å²) in [6, 6.07) is 3.31. The third-order valence-corrected chi connectivity index (χ3v) is 2.25. The van der Waals surface area contributed by atoms with Gasteiger partial charge >= 0.3 is 12.4 Å². The van der Waals surface area contributed by atoms with Crippen LogP contribution in [0.25, 0.3) is 0 Å². The van der Waals surface area contributed by atoms with Gasteiger partial charge in [0.1, 0.15) is 0 Å². The Morgan fingerprint density at radius 2 is 2.11 bits per heavy atom. The van der Waals surface area contributed by atoms with Gasteiger partial charge in [-0.1, -0.05) is 15.9 Å². The molecule has 1 rings (SSSR count). The van der Waals surface area contributed by atoms with Crippen molar-refractivity contribution in [2.75, 3.05) is 11.9 Å². The van der Waals surface area contributed by atoms with Gasteiger partial charge < -0.3 is 15.4 Å². The third kappa shape index (κ3) is 4.82. The normalized spacial score (nSPS) is 10.9. The molecular weight excluding hydrogens is 317 g/mol. The van der Waals surface area contributed by atoms with Crippen molar-refractivity contribution in [3.05, 3.63) is 22.7 Å². The molecule has 4 nitrogen and oxygen atoms in total. The predicted molar refractivity (Wildman–Crippen MR) is 63.5 cm³/mol. The fraction of sp³-hybridized carbons (Fsp3) is 0.300. The second-order valence-corrected chi connectivity index (χ2v) is 4.09. The molecular formula is C10H10BrF3N2O2. The standard InChI is InChI=1S/C10H10BrF3N2O2/c1-2-15-9(17)16-7-4-3-6(11)5-8(7)18-10(12,13)14/h3-5H,2H2,1H3,(H2,15,16,17). The number of nitrogens with one attached hydrogen (secondary N) is 2. The van der Waals surface area contributed by atoms with Gasteiger partial charge in [-0.05, 0) is 25.1 Å². The Balaban J connectivity index is 2.93. The lowest BCUT2D eigenvalue weighted by molar-refractivity contribution is -0.274. The van der Waals surface area contributed by atoms with Crippen LogP contribution in [0.1, 0.15) is 6.92 Å². The van der Waals surface area contributed by atoms with E-state index in [0.29, 0.717) is 11.0 Å². The van der Waals surface area contributed by atoms with Gasteiger partial charge in [0.2, 0.25) is 0 Å². The largest absolute Gasteiger partial charge is 0.573 e. The van der Waals surface area contributed by atoms with E-state index in [-0.39, 0.29) is 5.69 Å². The first-order valence-electron chi connectivity index (χ1n) is 4.92. The Morgan fingerprint density at radius 3 is 2.67 bits per heavy atom. The molecule has 2 N–H and O–H groups in total. The summed E-state index contributed by atoms with van der Waals surface area (Å²) < 4.78 is 40.7. The van der Waals surface area contributed by atoms with Crippen LogP contribution in [0.4, 0.5) is 23.7 Å². The highest BCUT2D eigenvalue weighted by Gasteiger charge is 2.32. The molecule has 100 valence electrons. The highest BCUT2D eigenvalue weighted by Crippen LogP contribution is 2.32. The lowest BCUT2D eigenvalue weighted by atomic mass is 10.3. The number of rotatable bonds is 3. The van der Waals surface area contributed by atoms with Crippen LogP contribution in [0.2, 0.25) is 0 Å². The topological polar surface area (TPSA) is 50.4 Å². The number of ether oxygens (including phenoxy) is 1. The maximum atomic E-state index is 12.2. The number of benzene rings is 1. The summed E-state index contributed by atoms with van der Waals surface area (Å²) in [4.78, 5) is 11.2. The van der Waals surface area contributed by atoms with Crippen molar-refractivity contribution in [1.29, 1.82) is 0 Å². The maximum absolute atomic E-state index is 12.2. The fourth-order valence-electron chi connectivity index (χ4n) is 1.14. The highest BCUT2D eigenvalue weighted by molar-refractivity contribution is 9.10. The molecule has 0 aliphatic carbocycles. The van der Waals surface area contributed by atoms with E-state index in [0.717, 1.165) is 6.07 Å². The Labute approximate surface area is 110 Å². The number of alkyl halides is 3. The van der Waals surface area contributed by atoms with Crippen LogP contribution in [-0.4, -0.2) is 18.9 Å². The lowest BCUT2D eigenvalue weighted by Gasteiger charge is -2.14. The van der Waals surface area contributed by atoms with Crippen molar-refractivity contribution in [1.82, 2.24) is 5.32 Å². The third-order valence-electron chi connectivity index (χ3n) is 1.75. The average Bonchev–Trinajstić information content (AvgIpc) is 2.20. The molecule has 0 heterocycles. The summed E-state index contributed by atoms with van der Waals surface area (Å²) >= 11 is 3.03. The molecule has 18 heavy (non-hydrogen) atoms. The first-order valence-corrected chi connectivity index (χ1v) is 5.71. The number of hydrogen-bond donors (Lipinski definition) is 2. The van der Waals surface area contributed by atoms with Gasteiger partial charge in [0.15, 0.2) is 5.75 Å². The van der Waals surface area contributed by atoms with E-state index in [4.69, 9.17) is 0 Å². The van der Waals surface area contributed by atoms with E-state index in [1.807, 2.05) is 0 Å². The molecule has 8 heteroatoms. The summed E-state index contributed by atoms with van der Waals surface area (Å²) in [5.41, 5.74) is -0.0681. The number of halogens is 4. The number of anilines is 1. The summed E-state index contributed by atoms with van der Waals surface area (Å²) in [7, 11) is 0. The second-order valence-electron chi connectivity index (χ2n) is 3.17. The van der Waals surface area contributed by atoms with Gasteiger partial charge in [0, 0.05) is 11.0 Å². The molecule has 1 aromatic rings. The maximum Gasteiger partial charge on any atom is 0.573 e. The number of hydrogen-bond acceptors (Lipinski definition) is 2. The van der Waals surface area contributed by atoms with Crippen LogP contribution in [0.3, 0.4) is 0 Å². The second kappa shape index (κ2) is 5.94. The van der Waals surface area contributed by atoms with Crippen LogP contribution in [0, 0.1) is 0 Å². The van der Waals surface area contributed by atoms with E-state index in [2.05, 4.69) is 31.3 Å². The van der Waals surface area contributed by atoms with E-state index in [1.165, 1.54) is 12.1 Å². The van der Waals surface area contributed by atoms with E-state index in [9.17, 15) is 18.0 Å². The van der Waals surface area contributed by atoms with Crippen LogP contribution >= 0.6 is 15.9 Å². The first-order chi connectivity index (χ1) is 8.31. The molecule has 0 saturated carbocycles. The number of carbonyl (C=O) groups is 1. The molecule has 0 bridgehead atoms. The quantitative estimate of drug-likeness (QED) is 0.893. The van der Waals surface area contributed by atoms with Crippen molar-refractivity contribution in [2.45, 2.75) is 13.3 Å². The Kier molecular flexibility index (Phi) is 4.83. The average molecular weight is 327 g/mol. The van der Waals surface area contributed by atoms with Crippen molar-refractivity contribution in [3.8, 4) is 5.75 Å².